The lowest BCUT2D eigenvalue weighted by atomic mass is 9.84. The minimum absolute atomic E-state index is 0.0476. The summed E-state index contributed by atoms with van der Waals surface area (Å²) >= 11 is 6.05. The summed E-state index contributed by atoms with van der Waals surface area (Å²) in [4.78, 5) is 12.4. The Morgan fingerprint density at radius 2 is 2.14 bits per heavy atom. The van der Waals surface area contributed by atoms with Gasteiger partial charge in [-0.1, -0.05) is 37.6 Å². The fourth-order valence-corrected chi connectivity index (χ4v) is 3.47. The van der Waals surface area contributed by atoms with E-state index in [9.17, 15) is 4.79 Å². The van der Waals surface area contributed by atoms with Gasteiger partial charge < -0.3 is 10.6 Å². The Morgan fingerprint density at radius 3 is 2.77 bits per heavy atom. The Balaban J connectivity index is 1.89. The van der Waals surface area contributed by atoms with Gasteiger partial charge in [-0.25, -0.2) is 0 Å². The van der Waals surface area contributed by atoms with E-state index < -0.39 is 0 Å². The van der Waals surface area contributed by atoms with Gasteiger partial charge in [0.1, 0.15) is 0 Å². The van der Waals surface area contributed by atoms with Crippen LogP contribution in [0.2, 0.25) is 5.02 Å². The van der Waals surface area contributed by atoms with Crippen molar-refractivity contribution in [3.63, 3.8) is 0 Å². The topological polar surface area (TPSA) is 41.1 Å². The van der Waals surface area contributed by atoms with Gasteiger partial charge in [-0.3, -0.25) is 4.79 Å². The summed E-state index contributed by atoms with van der Waals surface area (Å²) in [5.74, 6) is 1.26. The highest BCUT2D eigenvalue weighted by molar-refractivity contribution is 6.30. The number of rotatable bonds is 6. The lowest BCUT2D eigenvalue weighted by Gasteiger charge is -2.28. The molecular formula is C18H27ClN2O. The third-order valence-corrected chi connectivity index (χ3v) is 4.93. The molecule has 2 rings (SSSR count). The van der Waals surface area contributed by atoms with Crippen molar-refractivity contribution >= 4 is 17.5 Å². The predicted octanol–water partition coefficient (Wildman–Crippen LogP) is 3.93. The molecule has 2 N–H and O–H groups in total. The third kappa shape index (κ3) is 4.99. The van der Waals surface area contributed by atoms with Gasteiger partial charge in [0.15, 0.2) is 0 Å². The van der Waals surface area contributed by atoms with Crippen LogP contribution in [-0.2, 0) is 4.79 Å². The Kier molecular flexibility index (Phi) is 6.71. The monoisotopic (exact) mass is 322 g/mol. The van der Waals surface area contributed by atoms with E-state index in [1.54, 1.807) is 0 Å². The molecule has 0 saturated carbocycles. The van der Waals surface area contributed by atoms with Crippen molar-refractivity contribution in [1.82, 2.24) is 10.6 Å². The minimum atomic E-state index is 0.0476. The highest BCUT2D eigenvalue weighted by atomic mass is 35.5. The van der Waals surface area contributed by atoms with Crippen LogP contribution in [0.15, 0.2) is 24.3 Å². The van der Waals surface area contributed by atoms with Crippen LogP contribution in [-0.4, -0.2) is 19.0 Å². The number of carbonyl (C=O) groups excluding carboxylic acids is 1. The largest absolute Gasteiger partial charge is 0.349 e. The minimum Gasteiger partial charge on any atom is -0.349 e. The molecule has 1 fully saturated rings. The molecule has 2 unspecified atom stereocenters. The average molecular weight is 323 g/mol. The molecule has 1 heterocycles. The second-order valence-electron chi connectivity index (χ2n) is 6.35. The van der Waals surface area contributed by atoms with E-state index in [0.29, 0.717) is 23.3 Å². The molecule has 1 aliphatic heterocycles. The molecule has 0 radical (unpaired) electrons. The SMILES string of the molecule is CCC(NC(=O)CC(C)C1CCNCC1)c1cccc(Cl)c1. The number of nitrogens with one attached hydrogen (secondary N) is 2. The molecular weight excluding hydrogens is 296 g/mol. The van der Waals surface area contributed by atoms with Gasteiger partial charge in [0, 0.05) is 11.4 Å². The van der Waals surface area contributed by atoms with E-state index in [1.807, 2.05) is 24.3 Å². The molecule has 1 saturated heterocycles. The van der Waals surface area contributed by atoms with Gasteiger partial charge in [0.05, 0.1) is 6.04 Å². The molecule has 4 heteroatoms. The molecule has 2 atom stereocenters. The number of halogens is 1. The number of piperidine rings is 1. The molecule has 1 aromatic carbocycles. The Morgan fingerprint density at radius 1 is 1.41 bits per heavy atom. The fraction of sp³-hybridized carbons (Fsp3) is 0.611. The summed E-state index contributed by atoms with van der Waals surface area (Å²) < 4.78 is 0. The summed E-state index contributed by atoms with van der Waals surface area (Å²) in [5, 5.41) is 7.26. The van der Waals surface area contributed by atoms with Crippen molar-refractivity contribution in [2.45, 2.75) is 45.6 Å². The van der Waals surface area contributed by atoms with Crippen molar-refractivity contribution in [2.75, 3.05) is 13.1 Å². The van der Waals surface area contributed by atoms with E-state index in [-0.39, 0.29) is 11.9 Å². The highest BCUT2D eigenvalue weighted by Crippen LogP contribution is 2.25. The zero-order valence-corrected chi connectivity index (χ0v) is 14.3. The van der Waals surface area contributed by atoms with E-state index >= 15 is 0 Å². The number of benzene rings is 1. The first-order valence-corrected chi connectivity index (χ1v) is 8.73. The van der Waals surface area contributed by atoms with Crippen molar-refractivity contribution in [1.29, 1.82) is 0 Å². The highest BCUT2D eigenvalue weighted by Gasteiger charge is 2.23. The zero-order chi connectivity index (χ0) is 15.9. The summed E-state index contributed by atoms with van der Waals surface area (Å²) in [5.41, 5.74) is 1.08. The third-order valence-electron chi connectivity index (χ3n) is 4.69. The summed E-state index contributed by atoms with van der Waals surface area (Å²) in [6.07, 6.45) is 3.84. The van der Waals surface area contributed by atoms with Gasteiger partial charge in [-0.05, 0) is 61.9 Å². The van der Waals surface area contributed by atoms with Crippen LogP contribution < -0.4 is 10.6 Å². The first kappa shape index (κ1) is 17.3. The smallest absolute Gasteiger partial charge is 0.220 e. The predicted molar refractivity (Wildman–Crippen MR) is 92.0 cm³/mol. The summed E-state index contributed by atoms with van der Waals surface area (Å²) in [7, 11) is 0. The van der Waals surface area contributed by atoms with Gasteiger partial charge in [-0.2, -0.15) is 0 Å². The van der Waals surface area contributed by atoms with Crippen molar-refractivity contribution in [2.24, 2.45) is 11.8 Å². The molecule has 122 valence electrons. The van der Waals surface area contributed by atoms with Gasteiger partial charge >= 0.3 is 0 Å². The molecule has 22 heavy (non-hydrogen) atoms. The van der Waals surface area contributed by atoms with E-state index in [0.717, 1.165) is 25.1 Å². The standard InChI is InChI=1S/C18H27ClN2O/c1-3-17(15-5-4-6-16(19)12-15)21-18(22)11-13(2)14-7-9-20-10-8-14/h4-6,12-14,17,20H,3,7-11H2,1-2H3,(H,21,22). The molecule has 0 aliphatic carbocycles. The number of amides is 1. The van der Waals surface area contributed by atoms with Crippen LogP contribution in [0.3, 0.4) is 0 Å². The zero-order valence-electron chi connectivity index (χ0n) is 13.6. The van der Waals surface area contributed by atoms with Crippen molar-refractivity contribution in [3.8, 4) is 0 Å². The van der Waals surface area contributed by atoms with Crippen molar-refractivity contribution in [3.05, 3.63) is 34.9 Å². The van der Waals surface area contributed by atoms with Crippen molar-refractivity contribution < 1.29 is 4.79 Å². The Bertz CT molecular complexity index is 486. The lowest BCUT2D eigenvalue weighted by molar-refractivity contribution is -0.123. The molecule has 1 amide bonds. The van der Waals surface area contributed by atoms with Crippen LogP contribution in [0.25, 0.3) is 0 Å². The normalized spacial score (nSPS) is 18.7. The maximum absolute atomic E-state index is 12.4. The summed E-state index contributed by atoms with van der Waals surface area (Å²) in [6.45, 7) is 6.45. The van der Waals surface area contributed by atoms with Crippen LogP contribution in [0.1, 0.15) is 51.1 Å². The molecule has 3 nitrogen and oxygen atoms in total. The average Bonchev–Trinajstić information content (AvgIpc) is 2.53. The van der Waals surface area contributed by atoms with E-state index in [2.05, 4.69) is 24.5 Å². The van der Waals surface area contributed by atoms with Gasteiger partial charge in [0.25, 0.3) is 0 Å². The van der Waals surface area contributed by atoms with Crippen LogP contribution in [0, 0.1) is 11.8 Å². The number of hydrogen-bond acceptors (Lipinski definition) is 2. The van der Waals surface area contributed by atoms with E-state index in [4.69, 9.17) is 11.6 Å². The van der Waals surface area contributed by atoms with Crippen LogP contribution in [0.5, 0.6) is 0 Å². The first-order chi connectivity index (χ1) is 10.6. The van der Waals surface area contributed by atoms with Crippen LogP contribution in [0.4, 0.5) is 0 Å². The molecule has 0 aromatic heterocycles. The number of carbonyl (C=O) groups is 1. The fourth-order valence-electron chi connectivity index (χ4n) is 3.27. The quantitative estimate of drug-likeness (QED) is 0.833. The Labute approximate surface area is 138 Å². The summed E-state index contributed by atoms with van der Waals surface area (Å²) in [6, 6.07) is 7.80. The maximum Gasteiger partial charge on any atom is 0.220 e. The molecule has 1 aliphatic rings. The number of hydrogen-bond donors (Lipinski definition) is 2. The van der Waals surface area contributed by atoms with E-state index in [1.165, 1.54) is 12.8 Å². The Hall–Kier alpha value is -1.06. The first-order valence-electron chi connectivity index (χ1n) is 8.35. The second-order valence-corrected chi connectivity index (χ2v) is 6.79. The molecule has 0 bridgehead atoms. The van der Waals surface area contributed by atoms with Crippen LogP contribution >= 0.6 is 11.6 Å². The molecule has 1 aromatic rings. The lowest BCUT2D eigenvalue weighted by Crippen LogP contribution is -2.34. The molecule has 0 spiro atoms. The maximum atomic E-state index is 12.4. The van der Waals surface area contributed by atoms with Gasteiger partial charge in [-0.15, -0.1) is 0 Å². The van der Waals surface area contributed by atoms with Gasteiger partial charge in [0.2, 0.25) is 5.91 Å². The second kappa shape index (κ2) is 8.54.